The summed E-state index contributed by atoms with van der Waals surface area (Å²) in [6.45, 7) is 13.9. The number of aryl methyl sites for hydroxylation is 1. The van der Waals surface area contributed by atoms with Crippen LogP contribution in [-0.2, 0) is 14.3 Å². The fourth-order valence-electron chi connectivity index (χ4n) is 4.88. The Bertz CT molecular complexity index is 1140. The van der Waals surface area contributed by atoms with Gasteiger partial charge in [-0.15, -0.1) is 0 Å². The molecule has 8 heteroatoms. The van der Waals surface area contributed by atoms with Crippen LogP contribution in [0.1, 0.15) is 104 Å². The van der Waals surface area contributed by atoms with Gasteiger partial charge in [-0.25, -0.2) is 4.79 Å². The van der Waals surface area contributed by atoms with E-state index in [1.807, 2.05) is 45.0 Å². The largest absolute Gasteiger partial charge is 0.497 e. The molecule has 0 aromatic heterocycles. The summed E-state index contributed by atoms with van der Waals surface area (Å²) in [6.07, 6.45) is 5.97. The van der Waals surface area contributed by atoms with Crippen LogP contribution in [0.3, 0.4) is 0 Å². The number of hydrogen-bond donors (Lipinski definition) is 2. The molecule has 0 saturated carbocycles. The van der Waals surface area contributed by atoms with Gasteiger partial charge in [-0.05, 0) is 76.3 Å². The Kier molecular flexibility index (Phi) is 14.5. The van der Waals surface area contributed by atoms with Crippen LogP contribution in [0, 0.1) is 12.8 Å². The summed E-state index contributed by atoms with van der Waals surface area (Å²) in [5.41, 5.74) is 1.64. The topological polar surface area (TPSA) is 97.0 Å². The number of unbranched alkanes of at least 4 members (excludes halogenated alkanes) is 5. The summed E-state index contributed by atoms with van der Waals surface area (Å²) >= 11 is 0. The lowest BCUT2D eigenvalue weighted by Gasteiger charge is -2.35. The second-order valence-electron chi connectivity index (χ2n) is 12.7. The molecule has 3 amide bonds. The van der Waals surface area contributed by atoms with E-state index in [0.29, 0.717) is 30.0 Å². The summed E-state index contributed by atoms with van der Waals surface area (Å²) in [4.78, 5) is 43.0. The van der Waals surface area contributed by atoms with Crippen molar-refractivity contribution in [3.63, 3.8) is 0 Å². The highest BCUT2D eigenvalue weighted by Gasteiger charge is 2.36. The normalized spacial score (nSPS) is 12.8. The van der Waals surface area contributed by atoms with Crippen LogP contribution in [0.4, 0.5) is 10.5 Å². The molecule has 238 valence electrons. The van der Waals surface area contributed by atoms with Crippen molar-refractivity contribution in [2.24, 2.45) is 5.92 Å². The van der Waals surface area contributed by atoms with Gasteiger partial charge in [0.05, 0.1) is 7.11 Å². The predicted octanol–water partition coefficient (Wildman–Crippen LogP) is 7.81. The van der Waals surface area contributed by atoms with Gasteiger partial charge in [-0.3, -0.25) is 9.59 Å². The molecule has 2 N–H and O–H groups in total. The van der Waals surface area contributed by atoms with Crippen molar-refractivity contribution in [2.75, 3.05) is 19.0 Å². The Morgan fingerprint density at radius 1 is 0.884 bits per heavy atom. The molecule has 0 aliphatic heterocycles. The molecule has 0 fully saturated rings. The average Bonchev–Trinajstić information content (AvgIpc) is 2.93. The monoisotopic (exact) mass is 595 g/mol. The quantitative estimate of drug-likeness (QED) is 0.193. The van der Waals surface area contributed by atoms with Gasteiger partial charge in [0.15, 0.2) is 0 Å². The molecule has 43 heavy (non-hydrogen) atoms. The van der Waals surface area contributed by atoms with E-state index in [9.17, 15) is 14.4 Å². The van der Waals surface area contributed by atoms with Gasteiger partial charge in [-0.1, -0.05) is 82.7 Å². The Labute approximate surface area is 258 Å². The van der Waals surface area contributed by atoms with E-state index in [1.165, 1.54) is 6.42 Å². The van der Waals surface area contributed by atoms with Crippen molar-refractivity contribution in [1.29, 1.82) is 0 Å². The van der Waals surface area contributed by atoms with Gasteiger partial charge >= 0.3 is 6.09 Å². The Balaban J connectivity index is 2.49. The second kappa shape index (κ2) is 17.5. The van der Waals surface area contributed by atoms with Crippen molar-refractivity contribution >= 4 is 23.6 Å². The first-order chi connectivity index (χ1) is 20.3. The van der Waals surface area contributed by atoms with Crippen LogP contribution in [0.15, 0.2) is 48.5 Å². The van der Waals surface area contributed by atoms with Crippen molar-refractivity contribution in [2.45, 2.75) is 111 Å². The van der Waals surface area contributed by atoms with Crippen molar-refractivity contribution in [1.82, 2.24) is 10.2 Å². The molecule has 0 spiro atoms. The lowest BCUT2D eigenvalue weighted by Crippen LogP contribution is -2.53. The van der Waals surface area contributed by atoms with Gasteiger partial charge in [0.25, 0.3) is 5.91 Å². The van der Waals surface area contributed by atoms with Crippen molar-refractivity contribution in [3.8, 4) is 5.75 Å². The molecule has 0 heterocycles. The van der Waals surface area contributed by atoms with Gasteiger partial charge < -0.3 is 25.0 Å². The molecule has 2 aromatic rings. The standard InChI is InChI=1S/C35H53N3O5/c1-9-10-11-12-13-14-23-38(33(40)30(24-25(2)3)37-34(41)43-35(5,6)7)31(27-17-15-26(4)16-18-27)32(39)36-28-19-21-29(42-8)22-20-28/h15-22,25,30-31H,9-14,23-24H2,1-8H3,(H,36,39)(H,37,41). The molecule has 8 nitrogen and oxygen atoms in total. The maximum atomic E-state index is 14.4. The van der Waals surface area contributed by atoms with E-state index in [4.69, 9.17) is 9.47 Å². The van der Waals surface area contributed by atoms with E-state index in [2.05, 4.69) is 17.6 Å². The molecule has 2 atom stereocenters. The van der Waals surface area contributed by atoms with Crippen LogP contribution in [0.2, 0.25) is 0 Å². The van der Waals surface area contributed by atoms with Crippen LogP contribution in [0.25, 0.3) is 0 Å². The minimum absolute atomic E-state index is 0.116. The number of carbonyl (C=O) groups excluding carboxylic acids is 3. The third kappa shape index (κ3) is 12.7. The molecular formula is C35H53N3O5. The number of methoxy groups -OCH3 is 1. The number of amides is 3. The minimum Gasteiger partial charge on any atom is -0.497 e. The van der Waals surface area contributed by atoms with Gasteiger partial charge in [0.2, 0.25) is 5.91 Å². The van der Waals surface area contributed by atoms with Crippen molar-refractivity contribution < 1.29 is 23.9 Å². The fraction of sp³-hybridized carbons (Fsp3) is 0.571. The molecule has 0 radical (unpaired) electrons. The maximum absolute atomic E-state index is 14.4. The molecule has 2 aromatic carbocycles. The number of hydrogen-bond acceptors (Lipinski definition) is 5. The molecule has 2 rings (SSSR count). The summed E-state index contributed by atoms with van der Waals surface area (Å²) in [5.74, 6) is 0.168. The van der Waals surface area contributed by atoms with Crippen LogP contribution in [-0.4, -0.2) is 48.1 Å². The summed E-state index contributed by atoms with van der Waals surface area (Å²) in [5, 5.41) is 5.83. The number of nitrogens with zero attached hydrogens (tertiary/aromatic N) is 1. The van der Waals surface area contributed by atoms with Crippen LogP contribution in [0.5, 0.6) is 5.75 Å². The minimum atomic E-state index is -0.902. The number of nitrogens with one attached hydrogen (secondary N) is 2. The molecule has 2 unspecified atom stereocenters. The highest BCUT2D eigenvalue weighted by Crippen LogP contribution is 2.27. The molecule has 0 aliphatic rings. The number of alkyl carbamates (subject to hydrolysis) is 1. The van der Waals surface area contributed by atoms with E-state index in [1.54, 1.807) is 57.0 Å². The number of benzene rings is 2. The number of ether oxygens (including phenoxy) is 2. The van der Waals surface area contributed by atoms with E-state index >= 15 is 0 Å². The Morgan fingerprint density at radius 2 is 1.49 bits per heavy atom. The zero-order valence-corrected chi connectivity index (χ0v) is 27.5. The zero-order valence-electron chi connectivity index (χ0n) is 27.5. The van der Waals surface area contributed by atoms with E-state index in [-0.39, 0.29) is 17.7 Å². The van der Waals surface area contributed by atoms with E-state index < -0.39 is 23.8 Å². The fourth-order valence-corrected chi connectivity index (χ4v) is 4.88. The van der Waals surface area contributed by atoms with Crippen LogP contribution >= 0.6 is 0 Å². The summed E-state index contributed by atoms with van der Waals surface area (Å²) < 4.78 is 10.8. The van der Waals surface area contributed by atoms with E-state index in [0.717, 1.165) is 37.7 Å². The summed E-state index contributed by atoms with van der Waals surface area (Å²) in [7, 11) is 1.59. The van der Waals surface area contributed by atoms with Crippen LogP contribution < -0.4 is 15.4 Å². The van der Waals surface area contributed by atoms with Gasteiger partial charge in [0.1, 0.15) is 23.4 Å². The maximum Gasteiger partial charge on any atom is 0.408 e. The second-order valence-corrected chi connectivity index (χ2v) is 12.7. The third-order valence-electron chi connectivity index (χ3n) is 7.04. The highest BCUT2D eigenvalue weighted by atomic mass is 16.6. The third-order valence-corrected chi connectivity index (χ3v) is 7.04. The van der Waals surface area contributed by atoms with Gasteiger partial charge in [0, 0.05) is 12.2 Å². The predicted molar refractivity (Wildman–Crippen MR) is 173 cm³/mol. The first-order valence-electron chi connectivity index (χ1n) is 15.7. The smallest absolute Gasteiger partial charge is 0.408 e. The molecule has 0 bridgehead atoms. The first-order valence-corrected chi connectivity index (χ1v) is 15.7. The number of carbonyl (C=O) groups is 3. The zero-order chi connectivity index (χ0) is 32.0. The first kappa shape index (κ1) is 35.6. The number of anilines is 1. The molecule has 0 aliphatic carbocycles. The summed E-state index contributed by atoms with van der Waals surface area (Å²) in [6, 6.07) is 13.0. The highest BCUT2D eigenvalue weighted by molar-refractivity contribution is 5.99. The lowest BCUT2D eigenvalue weighted by molar-refractivity contribution is -0.141. The Morgan fingerprint density at radius 3 is 2.05 bits per heavy atom. The average molecular weight is 596 g/mol. The Hall–Kier alpha value is -3.55. The lowest BCUT2D eigenvalue weighted by atomic mass is 9.98. The molecule has 0 saturated heterocycles. The SMILES string of the molecule is CCCCCCCCN(C(=O)C(CC(C)C)NC(=O)OC(C)(C)C)C(C(=O)Nc1ccc(OC)cc1)c1ccc(C)cc1. The number of rotatable bonds is 16. The molecular weight excluding hydrogens is 542 g/mol. The van der Waals surface area contributed by atoms with Gasteiger partial charge in [-0.2, -0.15) is 0 Å². The van der Waals surface area contributed by atoms with Crippen molar-refractivity contribution in [3.05, 3.63) is 59.7 Å².